The van der Waals surface area contributed by atoms with Crippen molar-refractivity contribution in [3.63, 3.8) is 0 Å². The van der Waals surface area contributed by atoms with Crippen molar-refractivity contribution in [3.05, 3.63) is 29.8 Å². The quantitative estimate of drug-likeness (QED) is 0.919. The number of nitrogens with two attached hydrogens (primary N) is 1. The van der Waals surface area contributed by atoms with E-state index in [-0.39, 0.29) is 17.2 Å². The number of rotatable bonds is 4. The van der Waals surface area contributed by atoms with E-state index in [1.165, 1.54) is 5.56 Å². The van der Waals surface area contributed by atoms with Crippen LogP contribution in [0.15, 0.2) is 24.3 Å². The summed E-state index contributed by atoms with van der Waals surface area (Å²) >= 11 is 0. The van der Waals surface area contributed by atoms with Gasteiger partial charge >= 0.3 is 0 Å². The minimum Gasteiger partial charge on any atom is -0.497 e. The van der Waals surface area contributed by atoms with Gasteiger partial charge in [0.1, 0.15) is 5.75 Å². The molecule has 1 aromatic carbocycles. The normalized spacial score (nSPS) is 25.4. The summed E-state index contributed by atoms with van der Waals surface area (Å²) in [4.78, 5) is 0. The van der Waals surface area contributed by atoms with Gasteiger partial charge in [-0.3, -0.25) is 0 Å². The highest BCUT2D eigenvalue weighted by Gasteiger charge is 2.47. The van der Waals surface area contributed by atoms with Crippen molar-refractivity contribution < 1.29 is 9.47 Å². The summed E-state index contributed by atoms with van der Waals surface area (Å²) in [6.07, 6.45) is 1.86. The standard InChI is InChI=1S/C17H27NO2/c1-16(2)11-14(17(3,4)20-16)15(18)10-12-7-6-8-13(9-12)19-5/h6-9,14-15H,10-11,18H2,1-5H3. The van der Waals surface area contributed by atoms with Crippen molar-refractivity contribution in [2.45, 2.75) is 57.8 Å². The van der Waals surface area contributed by atoms with Gasteiger partial charge < -0.3 is 15.2 Å². The average molecular weight is 277 g/mol. The van der Waals surface area contributed by atoms with E-state index in [4.69, 9.17) is 15.2 Å². The van der Waals surface area contributed by atoms with E-state index in [9.17, 15) is 0 Å². The van der Waals surface area contributed by atoms with E-state index in [2.05, 4.69) is 39.8 Å². The fraction of sp³-hybridized carbons (Fsp3) is 0.647. The molecule has 1 aliphatic rings. The molecule has 112 valence electrons. The van der Waals surface area contributed by atoms with Gasteiger partial charge in [-0.1, -0.05) is 12.1 Å². The molecule has 2 rings (SSSR count). The highest BCUT2D eigenvalue weighted by atomic mass is 16.5. The smallest absolute Gasteiger partial charge is 0.119 e. The lowest BCUT2D eigenvalue weighted by molar-refractivity contribution is -0.0765. The predicted molar refractivity (Wildman–Crippen MR) is 82.0 cm³/mol. The number of methoxy groups -OCH3 is 1. The summed E-state index contributed by atoms with van der Waals surface area (Å²) < 4.78 is 11.4. The number of benzene rings is 1. The highest BCUT2D eigenvalue weighted by Crippen LogP contribution is 2.43. The van der Waals surface area contributed by atoms with Gasteiger partial charge in [0, 0.05) is 12.0 Å². The summed E-state index contributed by atoms with van der Waals surface area (Å²) in [6.45, 7) is 8.59. The molecule has 0 spiro atoms. The number of ether oxygens (including phenoxy) is 2. The van der Waals surface area contributed by atoms with E-state index >= 15 is 0 Å². The molecule has 1 saturated heterocycles. The first-order valence-electron chi connectivity index (χ1n) is 7.32. The SMILES string of the molecule is COc1cccc(CC(N)C2CC(C)(C)OC2(C)C)c1. The Morgan fingerprint density at radius 3 is 2.60 bits per heavy atom. The first-order chi connectivity index (χ1) is 9.23. The molecule has 1 heterocycles. The maximum absolute atomic E-state index is 6.48. The second-order valence-corrected chi connectivity index (χ2v) is 7.00. The van der Waals surface area contributed by atoms with Gasteiger partial charge in [0.2, 0.25) is 0 Å². The lowest BCUT2D eigenvalue weighted by atomic mass is 9.80. The lowest BCUT2D eigenvalue weighted by Gasteiger charge is -2.31. The van der Waals surface area contributed by atoms with Crippen LogP contribution < -0.4 is 10.5 Å². The van der Waals surface area contributed by atoms with E-state index in [0.29, 0.717) is 5.92 Å². The molecule has 0 amide bonds. The molecule has 2 N–H and O–H groups in total. The summed E-state index contributed by atoms with van der Waals surface area (Å²) in [5, 5.41) is 0. The Morgan fingerprint density at radius 2 is 2.05 bits per heavy atom. The maximum Gasteiger partial charge on any atom is 0.119 e. The van der Waals surface area contributed by atoms with Crippen LogP contribution >= 0.6 is 0 Å². The zero-order valence-corrected chi connectivity index (χ0v) is 13.3. The average Bonchev–Trinajstić information content (AvgIpc) is 2.57. The van der Waals surface area contributed by atoms with Crippen LogP contribution in [0.2, 0.25) is 0 Å². The molecule has 1 aliphatic heterocycles. The van der Waals surface area contributed by atoms with Crippen LogP contribution in [0.3, 0.4) is 0 Å². The minimum absolute atomic E-state index is 0.0832. The fourth-order valence-electron chi connectivity index (χ4n) is 3.49. The van der Waals surface area contributed by atoms with E-state index in [1.807, 2.05) is 12.1 Å². The largest absolute Gasteiger partial charge is 0.497 e. The molecular weight excluding hydrogens is 250 g/mol. The third kappa shape index (κ3) is 3.33. The Labute approximate surface area is 122 Å². The van der Waals surface area contributed by atoms with Gasteiger partial charge in [-0.15, -0.1) is 0 Å². The molecule has 0 aliphatic carbocycles. The van der Waals surface area contributed by atoms with Crippen LogP contribution in [-0.4, -0.2) is 24.4 Å². The number of hydrogen-bond acceptors (Lipinski definition) is 3. The molecule has 0 bridgehead atoms. The van der Waals surface area contributed by atoms with Crippen molar-refractivity contribution in [3.8, 4) is 5.75 Å². The van der Waals surface area contributed by atoms with E-state index in [1.54, 1.807) is 7.11 Å². The minimum atomic E-state index is -0.165. The van der Waals surface area contributed by atoms with Crippen molar-refractivity contribution in [1.82, 2.24) is 0 Å². The Morgan fingerprint density at radius 1 is 1.35 bits per heavy atom. The molecule has 20 heavy (non-hydrogen) atoms. The first kappa shape index (κ1) is 15.3. The summed E-state index contributed by atoms with van der Waals surface area (Å²) in [6, 6.07) is 8.24. The summed E-state index contributed by atoms with van der Waals surface area (Å²) in [5.41, 5.74) is 7.45. The van der Waals surface area contributed by atoms with Crippen molar-refractivity contribution >= 4 is 0 Å². The van der Waals surface area contributed by atoms with Crippen molar-refractivity contribution in [2.75, 3.05) is 7.11 Å². The van der Waals surface area contributed by atoms with Gasteiger partial charge in [-0.25, -0.2) is 0 Å². The molecule has 1 aromatic rings. The van der Waals surface area contributed by atoms with Gasteiger partial charge in [0.05, 0.1) is 18.3 Å². The van der Waals surface area contributed by atoms with Crippen molar-refractivity contribution in [1.29, 1.82) is 0 Å². The Kier molecular flexibility index (Phi) is 4.12. The third-order valence-corrected chi connectivity index (χ3v) is 4.27. The summed E-state index contributed by atoms with van der Waals surface area (Å²) in [5.74, 6) is 1.25. The lowest BCUT2D eigenvalue weighted by Crippen LogP contribution is -2.42. The van der Waals surface area contributed by atoms with Crippen LogP contribution in [0.25, 0.3) is 0 Å². The molecule has 0 aromatic heterocycles. The highest BCUT2D eigenvalue weighted by molar-refractivity contribution is 5.29. The Hall–Kier alpha value is -1.06. The van der Waals surface area contributed by atoms with Crippen LogP contribution in [-0.2, 0) is 11.2 Å². The predicted octanol–water partition coefficient (Wildman–Crippen LogP) is 3.16. The number of hydrogen-bond donors (Lipinski definition) is 1. The molecule has 3 nitrogen and oxygen atoms in total. The molecular formula is C17H27NO2. The topological polar surface area (TPSA) is 44.5 Å². The van der Waals surface area contributed by atoms with E-state index in [0.717, 1.165) is 18.6 Å². The third-order valence-electron chi connectivity index (χ3n) is 4.27. The Balaban J connectivity index is 2.10. The molecule has 3 heteroatoms. The van der Waals surface area contributed by atoms with Crippen LogP contribution in [0.5, 0.6) is 5.75 Å². The van der Waals surface area contributed by atoms with Crippen molar-refractivity contribution in [2.24, 2.45) is 11.7 Å². The molecule has 1 fully saturated rings. The molecule has 2 unspecified atom stereocenters. The van der Waals surface area contributed by atoms with E-state index < -0.39 is 0 Å². The van der Waals surface area contributed by atoms with Gasteiger partial charge in [0.15, 0.2) is 0 Å². The summed E-state index contributed by atoms with van der Waals surface area (Å²) in [7, 11) is 1.69. The maximum atomic E-state index is 6.48. The van der Waals surface area contributed by atoms with Gasteiger partial charge in [-0.2, -0.15) is 0 Å². The molecule has 0 radical (unpaired) electrons. The monoisotopic (exact) mass is 277 g/mol. The molecule has 0 saturated carbocycles. The van der Waals surface area contributed by atoms with Gasteiger partial charge in [0.25, 0.3) is 0 Å². The zero-order valence-electron chi connectivity index (χ0n) is 13.3. The molecule has 2 atom stereocenters. The first-order valence-corrected chi connectivity index (χ1v) is 7.32. The van der Waals surface area contributed by atoms with Crippen LogP contribution in [0.4, 0.5) is 0 Å². The fourth-order valence-corrected chi connectivity index (χ4v) is 3.49. The second kappa shape index (κ2) is 5.38. The van der Waals surface area contributed by atoms with Crippen LogP contribution in [0, 0.1) is 5.92 Å². The van der Waals surface area contributed by atoms with Gasteiger partial charge in [-0.05, 0) is 58.2 Å². The Bertz CT molecular complexity index is 468. The second-order valence-electron chi connectivity index (χ2n) is 7.00. The van der Waals surface area contributed by atoms with Crippen LogP contribution in [0.1, 0.15) is 39.7 Å². The zero-order chi connectivity index (χ0) is 15.0.